The molecule has 0 aliphatic carbocycles. The van der Waals surface area contributed by atoms with Gasteiger partial charge in [-0.2, -0.15) is 0 Å². The van der Waals surface area contributed by atoms with E-state index in [4.69, 9.17) is 0 Å². The molecule has 0 N–H and O–H groups in total. The third-order valence-corrected chi connectivity index (χ3v) is 3.59. The number of hydrogen-bond donors (Lipinski definition) is 0. The second-order valence-corrected chi connectivity index (χ2v) is 4.59. The minimum absolute atomic E-state index is 1.00. The minimum Gasteiger partial charge on any atom is -0.265 e. The molecule has 0 spiro atoms. The second-order valence-electron chi connectivity index (χ2n) is 2.99. The lowest BCUT2D eigenvalue weighted by Gasteiger charge is -2.02. The zero-order valence-corrected chi connectivity index (χ0v) is 9.41. The Hall–Kier alpha value is -0.770. The first-order chi connectivity index (χ1) is 6.33. The Bertz CT molecular complexity index is 463. The topological polar surface area (TPSA) is 17.1 Å². The molecule has 0 aromatic heterocycles. The van der Waals surface area contributed by atoms with Crippen LogP contribution in [0.15, 0.2) is 36.4 Å². The van der Waals surface area contributed by atoms with Gasteiger partial charge in [-0.15, -0.1) is 0 Å². The van der Waals surface area contributed by atoms with E-state index in [-0.39, 0.29) is 0 Å². The lowest BCUT2D eigenvalue weighted by atomic mass is 10.1. The van der Waals surface area contributed by atoms with Gasteiger partial charge in [0.05, 0.1) is 3.57 Å². The van der Waals surface area contributed by atoms with Gasteiger partial charge in [0, 0.05) is 0 Å². The average Bonchev–Trinajstić information content (AvgIpc) is 2.19. The number of benzene rings is 2. The number of aryl methyl sites for hydroxylation is 1. The van der Waals surface area contributed by atoms with Gasteiger partial charge in [0.1, 0.15) is 0 Å². The fourth-order valence-corrected chi connectivity index (χ4v) is 2.51. The van der Waals surface area contributed by atoms with Crippen LogP contribution in [0.4, 0.5) is 0 Å². The molecule has 0 aliphatic rings. The van der Waals surface area contributed by atoms with Crippen LogP contribution in [0.2, 0.25) is 0 Å². The van der Waals surface area contributed by atoms with Gasteiger partial charge in [-0.05, 0) is 29.3 Å². The molecule has 2 aromatic carbocycles. The molecule has 0 aliphatic heterocycles. The molecule has 0 radical (unpaired) electrons. The van der Waals surface area contributed by atoms with Gasteiger partial charge in [-0.3, -0.25) is 3.07 Å². The molecular weight excluding hydrogens is 275 g/mol. The zero-order chi connectivity index (χ0) is 9.26. The Morgan fingerprint density at radius 2 is 1.69 bits per heavy atom. The van der Waals surface area contributed by atoms with Gasteiger partial charge < -0.3 is 0 Å². The molecule has 0 heterocycles. The molecule has 0 bridgehead atoms. The maximum Gasteiger partial charge on any atom is 0.182 e. The van der Waals surface area contributed by atoms with Crippen LogP contribution >= 0.6 is 21.2 Å². The summed E-state index contributed by atoms with van der Waals surface area (Å²) in [6.07, 6.45) is 0. The third-order valence-electron chi connectivity index (χ3n) is 2.17. The van der Waals surface area contributed by atoms with E-state index >= 15 is 0 Å². The van der Waals surface area contributed by atoms with Crippen LogP contribution in [0.5, 0.6) is 0 Å². The van der Waals surface area contributed by atoms with Gasteiger partial charge in [-0.1, -0.05) is 30.3 Å². The van der Waals surface area contributed by atoms with Crippen molar-refractivity contribution in [2.24, 2.45) is 0 Å². The summed E-state index contributed by atoms with van der Waals surface area (Å²) in [7, 11) is 0. The van der Waals surface area contributed by atoms with E-state index in [2.05, 4.69) is 13.0 Å². The highest BCUT2D eigenvalue weighted by Gasteiger charge is 2.01. The van der Waals surface area contributed by atoms with Gasteiger partial charge in [-0.25, -0.2) is 0 Å². The molecule has 0 atom stereocenters. The Kier molecular flexibility index (Phi) is 2.40. The van der Waals surface area contributed by atoms with Crippen molar-refractivity contribution in [3.8, 4) is 0 Å². The molecule has 0 unspecified atom stereocenters. The van der Waals surface area contributed by atoms with Gasteiger partial charge in [0.25, 0.3) is 0 Å². The summed E-state index contributed by atoms with van der Waals surface area (Å²) in [4.78, 5) is 0. The van der Waals surface area contributed by atoms with Crippen LogP contribution in [0.3, 0.4) is 0 Å². The first-order valence-electron chi connectivity index (χ1n) is 4.08. The zero-order valence-electron chi connectivity index (χ0n) is 7.25. The van der Waals surface area contributed by atoms with E-state index in [1.807, 2.05) is 30.3 Å². The van der Waals surface area contributed by atoms with E-state index in [0.29, 0.717) is 0 Å². The summed E-state index contributed by atoms with van der Waals surface area (Å²) in [6.45, 7) is 2.08. The van der Waals surface area contributed by atoms with Gasteiger partial charge in [0.2, 0.25) is 0 Å². The van der Waals surface area contributed by atoms with Crippen molar-refractivity contribution in [1.82, 2.24) is 0 Å². The number of hydrogen-bond acceptors (Lipinski definition) is 1. The first-order valence-corrected chi connectivity index (χ1v) is 6.04. The first kappa shape index (κ1) is 8.81. The van der Waals surface area contributed by atoms with Crippen molar-refractivity contribution in [1.29, 1.82) is 0 Å². The van der Waals surface area contributed by atoms with Crippen molar-refractivity contribution in [3.63, 3.8) is 0 Å². The summed E-state index contributed by atoms with van der Waals surface area (Å²) >= 11 is -1.06. The van der Waals surface area contributed by atoms with Crippen molar-refractivity contribution < 1.29 is 3.07 Å². The quantitative estimate of drug-likeness (QED) is 0.731. The maximum atomic E-state index is 11.0. The largest absolute Gasteiger partial charge is 0.265 e. The highest BCUT2D eigenvalue weighted by atomic mass is 127. The molecule has 0 saturated heterocycles. The number of rotatable bonds is 1. The monoisotopic (exact) mass is 284 g/mol. The molecule has 0 amide bonds. The molecular formula is C11H9IO. The highest BCUT2D eigenvalue weighted by Crippen LogP contribution is 2.25. The molecule has 0 saturated carbocycles. The van der Waals surface area contributed by atoms with E-state index in [1.54, 1.807) is 0 Å². The van der Waals surface area contributed by atoms with Crippen molar-refractivity contribution in [3.05, 3.63) is 45.5 Å². The van der Waals surface area contributed by atoms with Crippen molar-refractivity contribution in [2.75, 3.05) is 0 Å². The summed E-state index contributed by atoms with van der Waals surface area (Å²) in [6, 6.07) is 12.1. The Labute approximate surface area is 87.4 Å². The van der Waals surface area contributed by atoms with Crippen LogP contribution in [0, 0.1) is 10.5 Å². The predicted octanol–water partition coefficient (Wildman–Crippen LogP) is 3.63. The van der Waals surface area contributed by atoms with E-state index < -0.39 is 21.2 Å². The van der Waals surface area contributed by atoms with Crippen LogP contribution < -0.4 is 0 Å². The Balaban J connectivity index is 2.92. The lowest BCUT2D eigenvalue weighted by molar-refractivity contribution is 0.648. The number of fused-ring (bicyclic) bond motifs is 1. The Morgan fingerprint density at radius 1 is 1.00 bits per heavy atom. The summed E-state index contributed by atoms with van der Waals surface area (Å²) < 4.78 is 12.0. The van der Waals surface area contributed by atoms with Crippen molar-refractivity contribution in [2.45, 2.75) is 6.92 Å². The molecule has 13 heavy (non-hydrogen) atoms. The molecule has 1 nitrogen and oxygen atoms in total. The van der Waals surface area contributed by atoms with Crippen LogP contribution in [0.1, 0.15) is 5.56 Å². The van der Waals surface area contributed by atoms with Crippen LogP contribution in [-0.2, 0) is 3.07 Å². The molecule has 2 heteroatoms. The number of halogens is 1. The maximum absolute atomic E-state index is 11.0. The minimum atomic E-state index is -1.06. The normalized spacial score (nSPS) is 10.5. The highest BCUT2D eigenvalue weighted by molar-refractivity contribution is 14.1. The standard InChI is InChI=1S/C11H9IO/c1-8-6-7-11(12-13)10-5-3-2-4-9(8)10/h2-7H,1H3. The van der Waals surface area contributed by atoms with Crippen LogP contribution in [0.25, 0.3) is 10.8 Å². The molecule has 0 fully saturated rings. The fraction of sp³-hybridized carbons (Fsp3) is 0.0909. The predicted molar refractivity (Wildman–Crippen MR) is 62.1 cm³/mol. The fourth-order valence-electron chi connectivity index (χ4n) is 1.48. The third kappa shape index (κ3) is 1.50. The van der Waals surface area contributed by atoms with E-state index in [1.165, 1.54) is 10.9 Å². The van der Waals surface area contributed by atoms with E-state index in [0.717, 1.165) is 8.96 Å². The summed E-state index contributed by atoms with van der Waals surface area (Å²) in [5.41, 5.74) is 1.25. The lowest BCUT2D eigenvalue weighted by Crippen LogP contribution is -1.81. The van der Waals surface area contributed by atoms with Gasteiger partial charge in [0.15, 0.2) is 21.2 Å². The summed E-state index contributed by atoms with van der Waals surface area (Å²) in [5, 5.41) is 2.36. The second kappa shape index (κ2) is 3.54. The SMILES string of the molecule is Cc1ccc(I=O)c2ccccc12. The molecule has 66 valence electrons. The average molecular weight is 284 g/mol. The summed E-state index contributed by atoms with van der Waals surface area (Å²) in [5.74, 6) is 0. The van der Waals surface area contributed by atoms with E-state index in [9.17, 15) is 3.07 Å². The Morgan fingerprint density at radius 3 is 2.38 bits per heavy atom. The van der Waals surface area contributed by atoms with Gasteiger partial charge >= 0.3 is 0 Å². The van der Waals surface area contributed by atoms with Crippen molar-refractivity contribution >= 4 is 32.0 Å². The van der Waals surface area contributed by atoms with Crippen LogP contribution in [-0.4, -0.2) is 0 Å². The molecule has 2 rings (SSSR count). The molecule has 2 aromatic rings. The smallest absolute Gasteiger partial charge is 0.182 e.